The number of nitrogens with zero attached hydrogens (tertiary/aromatic N) is 1. The molecule has 3 aliphatic heterocycles. The van der Waals surface area contributed by atoms with Crippen LogP contribution in [0.2, 0.25) is 0 Å². The van der Waals surface area contributed by atoms with E-state index < -0.39 is 5.60 Å². The molecule has 0 spiro atoms. The van der Waals surface area contributed by atoms with Gasteiger partial charge in [0.25, 0.3) is 0 Å². The molecule has 2 bridgehead atoms. The number of rotatable bonds is 3. The van der Waals surface area contributed by atoms with Crippen molar-refractivity contribution >= 4 is 6.09 Å². The van der Waals surface area contributed by atoms with E-state index in [1.807, 2.05) is 17.0 Å². The summed E-state index contributed by atoms with van der Waals surface area (Å²) in [7, 11) is 0. The van der Waals surface area contributed by atoms with E-state index in [4.69, 9.17) is 9.47 Å². The van der Waals surface area contributed by atoms with Gasteiger partial charge in [-0.05, 0) is 64.8 Å². The number of ether oxygens (including phenoxy) is 2. The molecule has 1 amide bonds. The van der Waals surface area contributed by atoms with Gasteiger partial charge in [0.15, 0.2) is 0 Å². The maximum absolute atomic E-state index is 13.5. The van der Waals surface area contributed by atoms with Gasteiger partial charge in [0.1, 0.15) is 12.4 Å². The zero-order chi connectivity index (χ0) is 24.3. The highest BCUT2D eigenvalue weighted by molar-refractivity contribution is 5.79. The van der Waals surface area contributed by atoms with Crippen molar-refractivity contribution in [2.45, 2.75) is 62.1 Å². The van der Waals surface area contributed by atoms with E-state index in [-0.39, 0.29) is 24.1 Å². The van der Waals surface area contributed by atoms with Crippen LogP contribution in [0.5, 0.6) is 5.75 Å². The summed E-state index contributed by atoms with van der Waals surface area (Å²) in [4.78, 5) is 15.4. The average molecular weight is 482 g/mol. The van der Waals surface area contributed by atoms with Gasteiger partial charge in [-0.2, -0.15) is 0 Å². The standard InChI is InChI=1S/C31H31NO4/c33-30(36-19-28-26-10-3-1-8-24(26)25-9-2-4-11-27(25)28)32-22-6-5-7-23(32)18-31(34,17-22)21-12-13-29-20(16-21)14-15-35-29/h1-4,8-13,16,22-23,28,34H,5-7,14-15,17-19H2. The lowest BCUT2D eigenvalue weighted by atomic mass is 9.72. The summed E-state index contributed by atoms with van der Waals surface area (Å²) in [6.45, 7) is 1.04. The SMILES string of the molecule is O=C(OCC1c2ccccc2-c2ccccc21)N1C2CCCC1CC(O)(c1ccc3c(c1)CCO3)C2. The van der Waals surface area contributed by atoms with Crippen LogP contribution in [-0.4, -0.2) is 41.4 Å². The van der Waals surface area contributed by atoms with Crippen LogP contribution >= 0.6 is 0 Å². The van der Waals surface area contributed by atoms with Crippen molar-refractivity contribution in [2.24, 2.45) is 0 Å². The van der Waals surface area contributed by atoms with Crippen LogP contribution in [0.25, 0.3) is 11.1 Å². The minimum absolute atomic E-state index is 0.0114. The van der Waals surface area contributed by atoms with Gasteiger partial charge in [0.05, 0.1) is 12.2 Å². The molecule has 1 N–H and O–H groups in total. The summed E-state index contributed by atoms with van der Waals surface area (Å²) in [6.07, 6.45) is 4.62. The minimum Gasteiger partial charge on any atom is -0.493 e. The highest BCUT2D eigenvalue weighted by atomic mass is 16.6. The van der Waals surface area contributed by atoms with Crippen molar-refractivity contribution in [1.29, 1.82) is 0 Å². The van der Waals surface area contributed by atoms with Crippen LogP contribution in [0.3, 0.4) is 0 Å². The Balaban J connectivity index is 1.10. The van der Waals surface area contributed by atoms with Crippen molar-refractivity contribution in [3.8, 4) is 16.9 Å². The molecule has 0 radical (unpaired) electrons. The van der Waals surface area contributed by atoms with Crippen LogP contribution in [0.4, 0.5) is 4.79 Å². The van der Waals surface area contributed by atoms with E-state index in [0.29, 0.717) is 26.1 Å². The predicted molar refractivity (Wildman–Crippen MR) is 137 cm³/mol. The van der Waals surface area contributed by atoms with Gasteiger partial charge in [-0.25, -0.2) is 4.79 Å². The number of hydrogen-bond acceptors (Lipinski definition) is 4. The summed E-state index contributed by atoms with van der Waals surface area (Å²) in [5, 5.41) is 11.8. The predicted octanol–water partition coefficient (Wildman–Crippen LogP) is 5.78. The molecule has 3 aromatic rings. The number of fused-ring (bicyclic) bond motifs is 6. The maximum Gasteiger partial charge on any atom is 0.410 e. The lowest BCUT2D eigenvalue weighted by Gasteiger charge is -2.51. The van der Waals surface area contributed by atoms with E-state index in [0.717, 1.165) is 37.0 Å². The van der Waals surface area contributed by atoms with Gasteiger partial charge in [0.2, 0.25) is 0 Å². The first kappa shape index (κ1) is 21.9. The second kappa shape index (κ2) is 8.38. The number of amides is 1. The third-order valence-electron chi connectivity index (χ3n) is 8.78. The fraction of sp³-hybridized carbons (Fsp3) is 0.387. The molecule has 5 nitrogen and oxygen atoms in total. The molecule has 5 heteroatoms. The third kappa shape index (κ3) is 3.44. The Bertz CT molecular complexity index is 1270. The maximum atomic E-state index is 13.5. The van der Waals surface area contributed by atoms with E-state index in [9.17, 15) is 9.90 Å². The Morgan fingerprint density at radius 3 is 2.33 bits per heavy atom. The fourth-order valence-corrected chi connectivity index (χ4v) is 7.11. The van der Waals surface area contributed by atoms with Crippen LogP contribution in [0.1, 0.15) is 60.3 Å². The van der Waals surface area contributed by atoms with Crippen LogP contribution in [0, 0.1) is 0 Å². The first-order valence-corrected chi connectivity index (χ1v) is 13.2. The molecular weight excluding hydrogens is 450 g/mol. The highest BCUT2D eigenvalue weighted by Gasteiger charge is 2.49. The van der Waals surface area contributed by atoms with Crippen molar-refractivity contribution in [2.75, 3.05) is 13.2 Å². The molecule has 184 valence electrons. The monoisotopic (exact) mass is 481 g/mol. The van der Waals surface area contributed by atoms with Crippen LogP contribution < -0.4 is 4.74 Å². The summed E-state index contributed by atoms with van der Waals surface area (Å²) in [5.41, 5.74) is 6.11. The highest BCUT2D eigenvalue weighted by Crippen LogP contribution is 2.47. The van der Waals surface area contributed by atoms with Gasteiger partial charge < -0.3 is 19.5 Å². The third-order valence-corrected chi connectivity index (χ3v) is 8.78. The molecule has 3 aromatic carbocycles. The molecule has 3 heterocycles. The van der Waals surface area contributed by atoms with E-state index >= 15 is 0 Å². The Morgan fingerprint density at radius 1 is 0.972 bits per heavy atom. The summed E-state index contributed by atoms with van der Waals surface area (Å²) in [5.74, 6) is 0.982. The smallest absolute Gasteiger partial charge is 0.410 e. The number of benzene rings is 3. The Morgan fingerprint density at radius 2 is 1.64 bits per heavy atom. The first-order chi connectivity index (χ1) is 17.6. The van der Waals surface area contributed by atoms with Gasteiger partial charge in [0, 0.05) is 37.3 Å². The van der Waals surface area contributed by atoms with Crippen molar-refractivity contribution in [3.05, 3.63) is 89.0 Å². The molecule has 36 heavy (non-hydrogen) atoms. The number of hydrogen-bond donors (Lipinski definition) is 1. The minimum atomic E-state index is -0.923. The lowest BCUT2D eigenvalue weighted by Crippen LogP contribution is -2.59. The molecule has 2 fully saturated rings. The van der Waals surface area contributed by atoms with E-state index in [1.54, 1.807) is 0 Å². The molecule has 4 aliphatic rings. The molecule has 2 unspecified atom stereocenters. The molecule has 2 saturated heterocycles. The quantitative estimate of drug-likeness (QED) is 0.516. The topological polar surface area (TPSA) is 59.0 Å². The first-order valence-electron chi connectivity index (χ1n) is 13.2. The van der Waals surface area contributed by atoms with Crippen molar-refractivity contribution in [3.63, 3.8) is 0 Å². The molecule has 2 atom stereocenters. The molecular formula is C31H31NO4. The van der Waals surface area contributed by atoms with Gasteiger partial charge in [-0.1, -0.05) is 54.6 Å². The summed E-state index contributed by atoms with van der Waals surface area (Å²) >= 11 is 0. The summed E-state index contributed by atoms with van der Waals surface area (Å²) in [6, 6.07) is 22.9. The van der Waals surface area contributed by atoms with Gasteiger partial charge in [-0.3, -0.25) is 0 Å². The van der Waals surface area contributed by atoms with Crippen LogP contribution in [0.15, 0.2) is 66.7 Å². The number of piperidine rings is 2. The van der Waals surface area contributed by atoms with E-state index in [1.165, 1.54) is 27.8 Å². The second-order valence-electron chi connectivity index (χ2n) is 10.8. The van der Waals surface area contributed by atoms with Crippen LogP contribution in [-0.2, 0) is 16.8 Å². The number of aliphatic hydroxyl groups is 1. The summed E-state index contributed by atoms with van der Waals surface area (Å²) < 4.78 is 11.7. The van der Waals surface area contributed by atoms with Gasteiger partial charge >= 0.3 is 6.09 Å². The van der Waals surface area contributed by atoms with Gasteiger partial charge in [-0.15, -0.1) is 0 Å². The normalized spacial score (nSPS) is 26.1. The zero-order valence-electron chi connectivity index (χ0n) is 20.4. The number of carbonyl (C=O) groups excluding carboxylic acids is 1. The number of carbonyl (C=O) groups is 1. The molecule has 7 rings (SSSR count). The Kier molecular flexibility index (Phi) is 5.10. The fourth-order valence-electron chi connectivity index (χ4n) is 7.11. The molecule has 0 aromatic heterocycles. The average Bonchev–Trinajstić information content (AvgIpc) is 3.49. The van der Waals surface area contributed by atoms with E-state index in [2.05, 4.69) is 54.6 Å². The largest absolute Gasteiger partial charge is 0.493 e. The Hall–Kier alpha value is -3.31. The molecule has 0 saturated carbocycles. The molecule has 1 aliphatic carbocycles. The lowest BCUT2D eigenvalue weighted by molar-refractivity contribution is -0.0891. The second-order valence-corrected chi connectivity index (χ2v) is 10.8. The zero-order valence-corrected chi connectivity index (χ0v) is 20.4. The van der Waals surface area contributed by atoms with Crippen molar-refractivity contribution < 1.29 is 19.4 Å². The Labute approximate surface area is 211 Å². The van der Waals surface area contributed by atoms with Crippen molar-refractivity contribution in [1.82, 2.24) is 4.90 Å².